The van der Waals surface area contributed by atoms with E-state index in [1.807, 2.05) is 7.05 Å². The van der Waals surface area contributed by atoms with Gasteiger partial charge in [-0.3, -0.25) is 4.99 Å². The molecule has 0 spiro atoms. The van der Waals surface area contributed by atoms with Crippen molar-refractivity contribution in [1.82, 2.24) is 10.6 Å². The molecule has 2 N–H and O–H groups in total. The predicted molar refractivity (Wildman–Crippen MR) is 119 cm³/mol. The first-order valence-corrected chi connectivity index (χ1v) is 9.21. The molecule has 0 amide bonds. The lowest BCUT2D eigenvalue weighted by Crippen LogP contribution is -2.47. The van der Waals surface area contributed by atoms with E-state index < -0.39 is 0 Å². The zero-order chi connectivity index (χ0) is 18.1. The molecular weight excluding hydrogens is 441 g/mol. The summed E-state index contributed by atoms with van der Waals surface area (Å²) in [6.07, 6.45) is 4.98. The topological polar surface area (TPSA) is 54.9 Å². The molecule has 0 aliphatic heterocycles. The first-order chi connectivity index (χ1) is 12.1. The van der Waals surface area contributed by atoms with Crippen molar-refractivity contribution in [3.63, 3.8) is 0 Å². The van der Waals surface area contributed by atoms with Crippen molar-refractivity contribution in [2.75, 3.05) is 40.5 Å². The second-order valence-electron chi connectivity index (χ2n) is 7.12. The number of benzene rings is 1. The molecule has 0 aromatic heterocycles. The molecule has 1 saturated carbocycles. The second kappa shape index (κ2) is 11.6. The van der Waals surface area contributed by atoms with Crippen molar-refractivity contribution in [1.29, 1.82) is 0 Å². The van der Waals surface area contributed by atoms with Crippen LogP contribution in [0, 0.1) is 19.3 Å². The Morgan fingerprint density at radius 3 is 2.35 bits per heavy atom. The summed E-state index contributed by atoms with van der Waals surface area (Å²) in [5.41, 5.74) is 2.83. The van der Waals surface area contributed by atoms with Gasteiger partial charge in [-0.25, -0.2) is 0 Å². The van der Waals surface area contributed by atoms with Crippen molar-refractivity contribution >= 4 is 29.9 Å². The Morgan fingerprint density at radius 2 is 1.81 bits per heavy atom. The molecule has 148 valence electrons. The largest absolute Gasteiger partial charge is 0.492 e. The smallest absolute Gasteiger partial charge is 0.191 e. The molecular formula is C20H34IN3O2. The lowest BCUT2D eigenvalue weighted by molar-refractivity contribution is 0.0732. The summed E-state index contributed by atoms with van der Waals surface area (Å²) in [5, 5.41) is 6.79. The third kappa shape index (κ3) is 7.31. The molecule has 2 rings (SSSR count). The average molecular weight is 475 g/mol. The SMILES string of the molecule is CN=C(NCCOc1cc(C)cc(C)c1)NCC1(CCOC)CCC1.I. The van der Waals surface area contributed by atoms with E-state index >= 15 is 0 Å². The minimum atomic E-state index is 0. The Kier molecular flexibility index (Phi) is 10.3. The number of methoxy groups -OCH3 is 1. The average Bonchev–Trinajstić information content (AvgIpc) is 2.54. The van der Waals surface area contributed by atoms with Gasteiger partial charge in [-0.15, -0.1) is 24.0 Å². The Labute approximate surface area is 175 Å². The number of guanidine groups is 1. The van der Waals surface area contributed by atoms with Crippen LogP contribution in [0.25, 0.3) is 0 Å². The Hall–Kier alpha value is -1.02. The van der Waals surface area contributed by atoms with Crippen LogP contribution in [-0.4, -0.2) is 46.4 Å². The van der Waals surface area contributed by atoms with Gasteiger partial charge in [-0.1, -0.05) is 12.5 Å². The molecule has 0 unspecified atom stereocenters. The lowest BCUT2D eigenvalue weighted by atomic mass is 9.67. The van der Waals surface area contributed by atoms with Gasteiger partial charge in [-0.2, -0.15) is 0 Å². The van der Waals surface area contributed by atoms with Crippen LogP contribution in [-0.2, 0) is 4.74 Å². The van der Waals surface area contributed by atoms with Crippen LogP contribution in [0.4, 0.5) is 0 Å². The molecule has 6 heteroatoms. The highest BCUT2D eigenvalue weighted by Gasteiger charge is 2.36. The van der Waals surface area contributed by atoms with Crippen LogP contribution in [0.3, 0.4) is 0 Å². The maximum Gasteiger partial charge on any atom is 0.191 e. The third-order valence-corrected chi connectivity index (χ3v) is 4.96. The van der Waals surface area contributed by atoms with Crippen LogP contribution in [0.15, 0.2) is 23.2 Å². The molecule has 1 fully saturated rings. The van der Waals surface area contributed by atoms with E-state index in [0.29, 0.717) is 12.0 Å². The van der Waals surface area contributed by atoms with Gasteiger partial charge in [0.05, 0.1) is 6.54 Å². The Balaban J connectivity index is 0.00000338. The summed E-state index contributed by atoms with van der Waals surface area (Å²) in [6, 6.07) is 6.28. The Bertz CT molecular complexity index is 554. The van der Waals surface area contributed by atoms with Crippen molar-refractivity contribution in [3.8, 4) is 5.75 Å². The molecule has 0 bridgehead atoms. The fraction of sp³-hybridized carbons (Fsp3) is 0.650. The van der Waals surface area contributed by atoms with E-state index in [0.717, 1.165) is 37.8 Å². The highest BCUT2D eigenvalue weighted by atomic mass is 127. The monoisotopic (exact) mass is 475 g/mol. The van der Waals surface area contributed by atoms with Crippen LogP contribution < -0.4 is 15.4 Å². The number of aryl methyl sites for hydroxylation is 2. The third-order valence-electron chi connectivity index (χ3n) is 4.96. The van der Waals surface area contributed by atoms with Gasteiger partial charge < -0.3 is 20.1 Å². The van der Waals surface area contributed by atoms with Gasteiger partial charge in [0, 0.05) is 27.3 Å². The summed E-state index contributed by atoms with van der Waals surface area (Å²) in [4.78, 5) is 4.31. The fourth-order valence-corrected chi connectivity index (χ4v) is 3.36. The summed E-state index contributed by atoms with van der Waals surface area (Å²) in [7, 11) is 3.58. The lowest BCUT2D eigenvalue weighted by Gasteiger charge is -2.42. The number of hydrogen-bond acceptors (Lipinski definition) is 3. The molecule has 1 aliphatic rings. The normalized spacial score (nSPS) is 15.6. The van der Waals surface area contributed by atoms with Gasteiger partial charge in [0.15, 0.2) is 5.96 Å². The first-order valence-electron chi connectivity index (χ1n) is 9.21. The quantitative estimate of drug-likeness (QED) is 0.248. The zero-order valence-corrected chi connectivity index (χ0v) is 18.9. The van der Waals surface area contributed by atoms with Gasteiger partial charge in [0.1, 0.15) is 12.4 Å². The summed E-state index contributed by atoms with van der Waals surface area (Å²) in [5.74, 6) is 1.77. The van der Waals surface area contributed by atoms with E-state index in [4.69, 9.17) is 9.47 Å². The summed E-state index contributed by atoms with van der Waals surface area (Å²) in [6.45, 7) is 7.29. The molecule has 0 heterocycles. The van der Waals surface area contributed by atoms with Crippen LogP contribution >= 0.6 is 24.0 Å². The maximum absolute atomic E-state index is 5.83. The molecule has 1 aromatic carbocycles. The van der Waals surface area contributed by atoms with E-state index in [1.165, 1.54) is 30.4 Å². The molecule has 5 nitrogen and oxygen atoms in total. The number of rotatable bonds is 9. The predicted octanol–water partition coefficient (Wildman–Crippen LogP) is 3.67. The Morgan fingerprint density at radius 1 is 1.12 bits per heavy atom. The summed E-state index contributed by atoms with van der Waals surface area (Å²) >= 11 is 0. The molecule has 1 aliphatic carbocycles. The fourth-order valence-electron chi connectivity index (χ4n) is 3.36. The molecule has 1 aromatic rings. The number of nitrogens with one attached hydrogen (secondary N) is 2. The van der Waals surface area contributed by atoms with Crippen molar-refractivity contribution in [2.24, 2.45) is 10.4 Å². The zero-order valence-electron chi connectivity index (χ0n) is 16.6. The molecule has 0 saturated heterocycles. The minimum Gasteiger partial charge on any atom is -0.492 e. The molecule has 0 atom stereocenters. The van der Waals surface area contributed by atoms with E-state index in [2.05, 4.69) is 47.7 Å². The molecule has 26 heavy (non-hydrogen) atoms. The van der Waals surface area contributed by atoms with Crippen molar-refractivity contribution in [3.05, 3.63) is 29.3 Å². The summed E-state index contributed by atoms with van der Waals surface area (Å²) < 4.78 is 11.1. The van der Waals surface area contributed by atoms with Gasteiger partial charge in [0.25, 0.3) is 0 Å². The van der Waals surface area contributed by atoms with E-state index in [1.54, 1.807) is 7.11 Å². The highest BCUT2D eigenvalue weighted by molar-refractivity contribution is 14.0. The standard InChI is InChI=1S/C20H33N3O2.HI/c1-16-12-17(2)14-18(13-16)25-11-9-22-19(21-3)23-15-20(6-5-7-20)8-10-24-4;/h12-14H,5-11,15H2,1-4H3,(H2,21,22,23);1H. The number of ether oxygens (including phenoxy) is 2. The van der Waals surface area contributed by atoms with Crippen LogP contribution in [0.1, 0.15) is 36.8 Å². The van der Waals surface area contributed by atoms with Gasteiger partial charge in [-0.05, 0) is 61.8 Å². The first kappa shape index (κ1) is 23.0. The second-order valence-corrected chi connectivity index (χ2v) is 7.12. The highest BCUT2D eigenvalue weighted by Crippen LogP contribution is 2.43. The van der Waals surface area contributed by atoms with E-state index in [9.17, 15) is 0 Å². The van der Waals surface area contributed by atoms with Crippen LogP contribution in [0.5, 0.6) is 5.75 Å². The van der Waals surface area contributed by atoms with Crippen molar-refractivity contribution in [2.45, 2.75) is 39.5 Å². The molecule has 0 radical (unpaired) electrons. The number of nitrogens with zero attached hydrogens (tertiary/aromatic N) is 1. The van der Waals surface area contributed by atoms with Crippen molar-refractivity contribution < 1.29 is 9.47 Å². The minimum absolute atomic E-state index is 0. The number of aliphatic imine (C=N–C) groups is 1. The van der Waals surface area contributed by atoms with Crippen LogP contribution in [0.2, 0.25) is 0 Å². The maximum atomic E-state index is 5.83. The number of halogens is 1. The van der Waals surface area contributed by atoms with E-state index in [-0.39, 0.29) is 24.0 Å². The number of hydrogen-bond donors (Lipinski definition) is 2. The van der Waals surface area contributed by atoms with Gasteiger partial charge in [0.2, 0.25) is 0 Å². The van der Waals surface area contributed by atoms with Gasteiger partial charge >= 0.3 is 0 Å².